The molecule has 5 aliphatic rings. The molecule has 3 amide bonds. The first kappa shape index (κ1) is 35.6. The molecule has 51 heavy (non-hydrogen) atoms. The molecular weight excluding hydrogens is 652 g/mol. The summed E-state index contributed by atoms with van der Waals surface area (Å²) in [5, 5.41) is 7.04. The van der Waals surface area contributed by atoms with Crippen molar-refractivity contribution in [2.45, 2.75) is 104 Å². The molecule has 5 fully saturated rings. The fraction of sp³-hybridized carbons (Fsp3) is 0.684. The zero-order valence-electron chi connectivity index (χ0n) is 30.9. The number of alkyl carbamates (subject to hydrolysis) is 1. The Hall–Kier alpha value is -3.84. The first-order valence-corrected chi connectivity index (χ1v) is 18.5. The van der Waals surface area contributed by atoms with E-state index in [1.54, 1.807) is 0 Å². The Morgan fingerprint density at radius 3 is 2.43 bits per heavy atom. The van der Waals surface area contributed by atoms with Gasteiger partial charge in [-0.05, 0) is 74.8 Å². The number of amides is 3. The number of nitrogens with two attached hydrogens (primary N) is 1. The van der Waals surface area contributed by atoms with Crippen LogP contribution in [0, 0.1) is 23.2 Å². The third-order valence-electron chi connectivity index (χ3n) is 11.6. The van der Waals surface area contributed by atoms with Gasteiger partial charge in [-0.15, -0.1) is 0 Å². The van der Waals surface area contributed by atoms with Crippen molar-refractivity contribution in [1.29, 1.82) is 0 Å². The van der Waals surface area contributed by atoms with Crippen LogP contribution in [0.25, 0.3) is 10.9 Å². The van der Waals surface area contributed by atoms with Gasteiger partial charge in [-0.25, -0.2) is 9.78 Å². The second kappa shape index (κ2) is 13.3. The van der Waals surface area contributed by atoms with Crippen LogP contribution in [0.4, 0.5) is 10.6 Å². The molecule has 3 saturated carbocycles. The molecular formula is C38H54N6O7. The van der Waals surface area contributed by atoms with Gasteiger partial charge < -0.3 is 40.2 Å². The maximum Gasteiger partial charge on any atom is 0.408 e. The second-order valence-corrected chi connectivity index (χ2v) is 16.9. The number of primary amides is 1. The Morgan fingerprint density at radius 2 is 1.78 bits per heavy atom. The number of rotatable bonds is 12. The van der Waals surface area contributed by atoms with Gasteiger partial charge in [-0.3, -0.25) is 14.5 Å². The van der Waals surface area contributed by atoms with Crippen molar-refractivity contribution in [3.63, 3.8) is 0 Å². The molecule has 2 aromatic rings. The summed E-state index contributed by atoms with van der Waals surface area (Å²) in [4.78, 5) is 48.8. The number of ether oxygens (including phenoxy) is 4. The minimum Gasteiger partial charge on any atom is -0.492 e. The van der Waals surface area contributed by atoms with Crippen LogP contribution in [0.3, 0.4) is 0 Å². The lowest BCUT2D eigenvalue weighted by Crippen LogP contribution is -2.57. The average molecular weight is 707 g/mol. The van der Waals surface area contributed by atoms with Gasteiger partial charge in [0.2, 0.25) is 11.8 Å². The smallest absolute Gasteiger partial charge is 0.408 e. The number of carbonyl (C=O) groups is 3. The lowest BCUT2D eigenvalue weighted by molar-refractivity contribution is -0.141. The monoisotopic (exact) mass is 706 g/mol. The van der Waals surface area contributed by atoms with Gasteiger partial charge in [0, 0.05) is 49.1 Å². The second-order valence-electron chi connectivity index (χ2n) is 16.9. The van der Waals surface area contributed by atoms with E-state index in [-0.39, 0.29) is 31.0 Å². The molecule has 3 atom stereocenters. The molecule has 1 aromatic carbocycles. The molecule has 2 aliphatic heterocycles. The van der Waals surface area contributed by atoms with Crippen molar-refractivity contribution in [1.82, 2.24) is 20.1 Å². The first-order chi connectivity index (χ1) is 24.2. The predicted octanol–water partition coefficient (Wildman–Crippen LogP) is 3.99. The number of likely N-dealkylation sites (tertiary alicyclic amines) is 1. The Labute approximate surface area is 300 Å². The molecule has 0 spiro atoms. The Morgan fingerprint density at radius 1 is 1.08 bits per heavy atom. The van der Waals surface area contributed by atoms with Crippen LogP contribution in [0.15, 0.2) is 18.2 Å². The molecule has 2 saturated heterocycles. The maximum absolute atomic E-state index is 14.2. The Balaban J connectivity index is 1.07. The molecule has 7 rings (SSSR count). The lowest BCUT2D eigenvalue weighted by Gasteiger charge is -2.35. The van der Waals surface area contributed by atoms with E-state index in [2.05, 4.69) is 15.5 Å². The van der Waals surface area contributed by atoms with Crippen molar-refractivity contribution in [2.75, 3.05) is 51.3 Å². The fourth-order valence-corrected chi connectivity index (χ4v) is 8.71. The zero-order valence-corrected chi connectivity index (χ0v) is 30.9. The molecule has 4 N–H and O–H groups in total. The molecule has 13 nitrogen and oxygen atoms in total. The highest BCUT2D eigenvalue weighted by molar-refractivity contribution is 5.93. The molecule has 278 valence electrons. The van der Waals surface area contributed by atoms with Crippen LogP contribution >= 0.6 is 0 Å². The van der Waals surface area contributed by atoms with Crippen LogP contribution in [0.5, 0.6) is 11.5 Å². The van der Waals surface area contributed by atoms with E-state index in [1.165, 1.54) is 17.7 Å². The number of nitrogens with zero attached hydrogens (tertiary/aromatic N) is 3. The van der Waals surface area contributed by atoms with Crippen molar-refractivity contribution in [2.24, 2.45) is 22.0 Å². The number of aromatic nitrogens is 1. The Kier molecular flexibility index (Phi) is 9.27. The number of morpholine rings is 1. The van der Waals surface area contributed by atoms with Crippen molar-refractivity contribution >= 4 is 34.6 Å². The quantitative estimate of drug-likeness (QED) is 0.295. The van der Waals surface area contributed by atoms with Crippen LogP contribution < -0.4 is 25.8 Å². The summed E-state index contributed by atoms with van der Waals surface area (Å²) >= 11 is 0. The number of benzene rings is 1. The van der Waals surface area contributed by atoms with E-state index in [0.29, 0.717) is 29.0 Å². The van der Waals surface area contributed by atoms with Crippen LogP contribution in [0.2, 0.25) is 0 Å². The highest BCUT2D eigenvalue weighted by atomic mass is 16.6. The number of aryl methyl sites for hydroxylation is 1. The van der Waals surface area contributed by atoms with E-state index in [4.69, 9.17) is 29.7 Å². The molecule has 0 radical (unpaired) electrons. The summed E-state index contributed by atoms with van der Waals surface area (Å²) in [6.45, 7) is 16.5. The fourth-order valence-electron chi connectivity index (χ4n) is 8.71. The summed E-state index contributed by atoms with van der Waals surface area (Å²) in [5.41, 5.74) is 7.69. The van der Waals surface area contributed by atoms with Crippen LogP contribution in [-0.2, 0) is 19.1 Å². The van der Waals surface area contributed by atoms with Crippen molar-refractivity contribution < 1.29 is 33.3 Å². The molecule has 0 bridgehead atoms. The summed E-state index contributed by atoms with van der Waals surface area (Å²) in [7, 11) is 0. The van der Waals surface area contributed by atoms with E-state index in [9.17, 15) is 14.4 Å². The van der Waals surface area contributed by atoms with Gasteiger partial charge in [0.05, 0.1) is 25.3 Å². The van der Waals surface area contributed by atoms with Crippen LogP contribution in [-0.4, -0.2) is 109 Å². The van der Waals surface area contributed by atoms with E-state index >= 15 is 0 Å². The van der Waals surface area contributed by atoms with Gasteiger partial charge in [0.1, 0.15) is 48.2 Å². The summed E-state index contributed by atoms with van der Waals surface area (Å²) in [5.74, 6) is 0.964. The molecule has 13 heteroatoms. The highest BCUT2D eigenvalue weighted by Gasteiger charge is 2.86. The van der Waals surface area contributed by atoms with Gasteiger partial charge in [-0.1, -0.05) is 20.8 Å². The van der Waals surface area contributed by atoms with E-state index in [0.717, 1.165) is 67.9 Å². The lowest BCUT2D eigenvalue weighted by atomic mass is 9.85. The summed E-state index contributed by atoms with van der Waals surface area (Å²) in [6.07, 6.45) is 3.30. The number of fused-ring (bicyclic) bond motifs is 1. The topological polar surface area (TPSA) is 158 Å². The van der Waals surface area contributed by atoms with Crippen molar-refractivity contribution in [3.8, 4) is 11.5 Å². The average Bonchev–Trinajstić information content (AvgIpc) is 3.64. The van der Waals surface area contributed by atoms with Crippen LogP contribution in [0.1, 0.15) is 72.3 Å². The standard InChI is InChI=1S/C38H54N6O7/c1-22(2)40-30-16-29(26-7-8-28(23(3)31(26)41-30)49-14-11-43-9-12-48-13-10-43)50-24-15-27(33(39)45)44(19-24)34(46)32(36(4,5)6)42-35(47)51-25-17-37-20-38(37,18-25)21-37/h7-8,16,22,24-25,27,32H,9-15,17-21H2,1-6H3,(H2,39,45)(H,40,41)(H,42,47)/t24?,25?,27-,32+,37?,38?/m0/s1. The summed E-state index contributed by atoms with van der Waals surface area (Å²) in [6, 6.07) is 4.03. The van der Waals surface area contributed by atoms with Gasteiger partial charge in [0.15, 0.2) is 0 Å². The minimum atomic E-state index is -0.930. The van der Waals surface area contributed by atoms with Crippen molar-refractivity contribution in [3.05, 3.63) is 23.8 Å². The third-order valence-corrected chi connectivity index (χ3v) is 11.6. The first-order valence-electron chi connectivity index (χ1n) is 18.5. The van der Waals surface area contributed by atoms with Gasteiger partial charge in [-0.2, -0.15) is 0 Å². The number of anilines is 1. The number of hydrogen-bond donors (Lipinski definition) is 3. The van der Waals surface area contributed by atoms with Gasteiger partial charge >= 0.3 is 6.09 Å². The SMILES string of the molecule is Cc1c(OCCN2CCOCC2)ccc2c(OC3C[C@@H](C(N)=O)N(C(=O)[C@@H](NC(=O)OC4CC56CC5(C4)C6)C(C)(C)C)C3)cc(NC(C)C)nc12. The predicted molar refractivity (Wildman–Crippen MR) is 192 cm³/mol. The third kappa shape index (κ3) is 7.16. The van der Waals surface area contributed by atoms with E-state index < -0.39 is 35.6 Å². The molecule has 1 unspecified atom stereocenters. The maximum atomic E-state index is 14.2. The van der Waals surface area contributed by atoms with E-state index in [1.807, 2.05) is 59.7 Å². The number of hydrogen-bond acceptors (Lipinski definition) is 10. The number of carbonyl (C=O) groups excluding carboxylic acids is 3. The number of pyridine rings is 1. The normalized spacial score (nSPS) is 28.9. The number of nitrogens with one attached hydrogen (secondary N) is 2. The minimum absolute atomic E-state index is 0.113. The molecule has 1 aromatic heterocycles. The van der Waals surface area contributed by atoms with Gasteiger partial charge in [0.25, 0.3) is 0 Å². The zero-order chi connectivity index (χ0) is 36.3. The molecule has 3 heterocycles. The largest absolute Gasteiger partial charge is 0.492 e. The molecule has 3 aliphatic carbocycles. The highest BCUT2D eigenvalue weighted by Crippen LogP contribution is 2.93. The summed E-state index contributed by atoms with van der Waals surface area (Å²) < 4.78 is 24.1. The Bertz CT molecular complexity index is 1660.